The second-order valence-electron chi connectivity index (χ2n) is 8.41. The molecule has 2 aliphatic heterocycles. The topological polar surface area (TPSA) is 76.5 Å². The maximum atomic E-state index is 13.0. The van der Waals surface area contributed by atoms with Crippen molar-refractivity contribution in [2.75, 3.05) is 19.7 Å². The molecule has 0 amide bonds. The average Bonchev–Trinajstić information content (AvgIpc) is 3.24. The Morgan fingerprint density at radius 3 is 2.58 bits per heavy atom. The van der Waals surface area contributed by atoms with E-state index >= 15 is 0 Å². The fraction of sp³-hybridized carbons (Fsp3) is 0.833. The highest BCUT2D eigenvalue weighted by atomic mass is 32.2. The van der Waals surface area contributed by atoms with Crippen molar-refractivity contribution in [2.45, 2.75) is 76.1 Å². The van der Waals surface area contributed by atoms with E-state index in [-0.39, 0.29) is 12.1 Å². The molecule has 3 atom stereocenters. The lowest BCUT2D eigenvalue weighted by atomic mass is 10.1. The largest absolute Gasteiger partial charge is 0.375 e. The summed E-state index contributed by atoms with van der Waals surface area (Å²) in [7, 11) is -3.58. The fourth-order valence-corrected chi connectivity index (χ4v) is 6.20. The van der Waals surface area contributed by atoms with Crippen molar-refractivity contribution in [3.05, 3.63) is 11.4 Å². The number of fused-ring (bicyclic) bond motifs is 1. The van der Waals surface area contributed by atoms with E-state index in [0.29, 0.717) is 28.4 Å². The Balaban J connectivity index is 1.47. The van der Waals surface area contributed by atoms with Gasteiger partial charge in [0, 0.05) is 31.2 Å². The number of morpholine rings is 1. The number of rotatable bonds is 5. The van der Waals surface area contributed by atoms with Crippen LogP contribution in [0.5, 0.6) is 0 Å². The number of aromatic nitrogens is 2. The first-order chi connectivity index (χ1) is 12.3. The Hall–Kier alpha value is -0.960. The molecule has 1 saturated carbocycles. The maximum absolute atomic E-state index is 13.0. The summed E-state index contributed by atoms with van der Waals surface area (Å²) in [5, 5.41) is 4.43. The van der Waals surface area contributed by atoms with E-state index in [1.54, 1.807) is 11.6 Å². The van der Waals surface area contributed by atoms with E-state index in [2.05, 4.69) is 14.7 Å². The summed E-state index contributed by atoms with van der Waals surface area (Å²) in [6.07, 6.45) is 3.71. The minimum absolute atomic E-state index is 0.0623. The van der Waals surface area contributed by atoms with Crippen molar-refractivity contribution in [2.24, 2.45) is 5.92 Å². The van der Waals surface area contributed by atoms with Gasteiger partial charge < -0.3 is 4.74 Å². The Morgan fingerprint density at radius 2 is 1.96 bits per heavy atom. The van der Waals surface area contributed by atoms with E-state index in [1.807, 2.05) is 20.8 Å². The highest BCUT2D eigenvalue weighted by molar-refractivity contribution is 7.89. The number of sulfonamides is 1. The highest BCUT2D eigenvalue weighted by Gasteiger charge is 2.43. The fourth-order valence-electron chi connectivity index (χ4n) is 4.56. The Bertz CT molecular complexity index is 785. The third kappa shape index (κ3) is 3.32. The zero-order valence-electron chi connectivity index (χ0n) is 16.1. The van der Waals surface area contributed by atoms with Gasteiger partial charge in [-0.25, -0.2) is 13.1 Å². The van der Waals surface area contributed by atoms with Crippen LogP contribution in [0.1, 0.15) is 50.5 Å². The lowest BCUT2D eigenvalue weighted by Gasteiger charge is -2.35. The van der Waals surface area contributed by atoms with Gasteiger partial charge >= 0.3 is 0 Å². The van der Waals surface area contributed by atoms with Crippen LogP contribution in [0.4, 0.5) is 0 Å². The lowest BCUT2D eigenvalue weighted by Crippen LogP contribution is -2.47. The first-order valence-corrected chi connectivity index (χ1v) is 11.2. The summed E-state index contributed by atoms with van der Waals surface area (Å²) in [5.41, 5.74) is 1.27. The summed E-state index contributed by atoms with van der Waals surface area (Å²) >= 11 is 0. The van der Waals surface area contributed by atoms with E-state index < -0.39 is 10.0 Å². The molecule has 8 heteroatoms. The molecule has 7 nitrogen and oxygen atoms in total. The molecular formula is C18H30N4O3S. The van der Waals surface area contributed by atoms with E-state index in [1.165, 1.54) is 12.8 Å². The second-order valence-corrected chi connectivity index (χ2v) is 10.1. The molecule has 3 heterocycles. The van der Waals surface area contributed by atoms with E-state index in [4.69, 9.17) is 4.74 Å². The third-order valence-electron chi connectivity index (χ3n) is 5.93. The Labute approximate surface area is 156 Å². The van der Waals surface area contributed by atoms with E-state index in [9.17, 15) is 8.42 Å². The third-order valence-corrected chi connectivity index (χ3v) is 7.70. The lowest BCUT2D eigenvalue weighted by molar-refractivity contribution is -0.0581. The number of aryl methyl sites for hydroxylation is 1. The number of ether oxygens (including phenoxy) is 1. The molecule has 2 saturated heterocycles. The molecule has 1 aliphatic carbocycles. The first kappa shape index (κ1) is 18.4. The summed E-state index contributed by atoms with van der Waals surface area (Å²) < 4.78 is 36.8. The maximum Gasteiger partial charge on any atom is 0.244 e. The molecule has 0 unspecified atom stereocenters. The quantitative estimate of drug-likeness (QED) is 0.837. The van der Waals surface area contributed by atoms with Crippen LogP contribution in [0.2, 0.25) is 0 Å². The molecule has 0 aromatic carbocycles. The van der Waals surface area contributed by atoms with Gasteiger partial charge in [-0.3, -0.25) is 9.58 Å². The van der Waals surface area contributed by atoms with Crippen molar-refractivity contribution in [3.63, 3.8) is 0 Å². The Kier molecular flexibility index (Phi) is 4.66. The monoisotopic (exact) mass is 382 g/mol. The number of nitrogens with zero attached hydrogens (tertiary/aromatic N) is 3. The van der Waals surface area contributed by atoms with Crippen molar-refractivity contribution in [1.29, 1.82) is 0 Å². The summed E-state index contributed by atoms with van der Waals surface area (Å²) in [6, 6.07) is 0.403. The van der Waals surface area contributed by atoms with Crippen LogP contribution in [0.3, 0.4) is 0 Å². The molecule has 1 aromatic heterocycles. The number of nitrogens with one attached hydrogen (secondary N) is 1. The van der Waals surface area contributed by atoms with Gasteiger partial charge in [0.2, 0.25) is 10.0 Å². The van der Waals surface area contributed by atoms with Crippen molar-refractivity contribution in [3.8, 4) is 0 Å². The van der Waals surface area contributed by atoms with Crippen LogP contribution in [0.25, 0.3) is 0 Å². The second kappa shape index (κ2) is 6.58. The van der Waals surface area contributed by atoms with Crippen LogP contribution in [-0.2, 0) is 14.8 Å². The van der Waals surface area contributed by atoms with Crippen molar-refractivity contribution >= 4 is 10.0 Å². The molecular weight excluding hydrogens is 352 g/mol. The van der Waals surface area contributed by atoms with Gasteiger partial charge in [-0.2, -0.15) is 5.10 Å². The van der Waals surface area contributed by atoms with Gasteiger partial charge in [0.05, 0.1) is 24.1 Å². The summed E-state index contributed by atoms with van der Waals surface area (Å²) in [5.74, 6) is 0.721. The minimum Gasteiger partial charge on any atom is -0.375 e. The van der Waals surface area contributed by atoms with Crippen molar-refractivity contribution < 1.29 is 13.2 Å². The summed E-state index contributed by atoms with van der Waals surface area (Å²) in [6.45, 7) is 10.1. The molecule has 3 aliphatic rings. The standard InChI is InChI=1S/C18H30N4O3S/c1-11(2)22-13(4)18(12(3)19-22)26(23,24)20-15-7-16-10-25-17(14-5-6-14)9-21(16)8-15/h11,14-17,20H,5-10H2,1-4H3/t15-,16-,17-/m0/s1. The van der Waals surface area contributed by atoms with Crippen LogP contribution >= 0.6 is 0 Å². The molecule has 0 radical (unpaired) electrons. The molecule has 0 bridgehead atoms. The van der Waals surface area contributed by atoms with Gasteiger partial charge in [0.15, 0.2) is 0 Å². The van der Waals surface area contributed by atoms with Gasteiger partial charge in [0.25, 0.3) is 0 Å². The molecule has 4 rings (SSSR count). The van der Waals surface area contributed by atoms with Crippen LogP contribution in [-0.4, -0.2) is 61.0 Å². The van der Waals surface area contributed by atoms with Gasteiger partial charge in [-0.15, -0.1) is 0 Å². The summed E-state index contributed by atoms with van der Waals surface area (Å²) in [4.78, 5) is 2.75. The van der Waals surface area contributed by atoms with Crippen LogP contribution in [0, 0.1) is 19.8 Å². The highest BCUT2D eigenvalue weighted by Crippen LogP contribution is 2.38. The molecule has 1 aromatic rings. The first-order valence-electron chi connectivity index (χ1n) is 9.70. The number of hydrogen-bond acceptors (Lipinski definition) is 5. The molecule has 3 fully saturated rings. The molecule has 0 spiro atoms. The smallest absolute Gasteiger partial charge is 0.244 e. The zero-order valence-corrected chi connectivity index (χ0v) is 16.9. The van der Waals surface area contributed by atoms with Gasteiger partial charge in [-0.1, -0.05) is 0 Å². The Morgan fingerprint density at radius 1 is 1.23 bits per heavy atom. The average molecular weight is 383 g/mol. The van der Waals surface area contributed by atoms with E-state index in [0.717, 1.165) is 32.0 Å². The molecule has 26 heavy (non-hydrogen) atoms. The predicted octanol–water partition coefficient (Wildman–Crippen LogP) is 1.61. The van der Waals surface area contributed by atoms with Crippen molar-refractivity contribution in [1.82, 2.24) is 19.4 Å². The van der Waals surface area contributed by atoms with Gasteiger partial charge in [0.1, 0.15) is 4.90 Å². The number of hydrogen-bond donors (Lipinski definition) is 1. The predicted molar refractivity (Wildman–Crippen MR) is 98.6 cm³/mol. The minimum atomic E-state index is -3.58. The molecule has 1 N–H and O–H groups in total. The van der Waals surface area contributed by atoms with Crippen LogP contribution in [0.15, 0.2) is 4.90 Å². The van der Waals surface area contributed by atoms with Gasteiger partial charge in [-0.05, 0) is 52.9 Å². The molecule has 146 valence electrons. The van der Waals surface area contributed by atoms with Crippen LogP contribution < -0.4 is 4.72 Å². The SMILES string of the molecule is Cc1nn(C(C)C)c(C)c1S(=O)(=O)N[C@H]1C[C@H]2CO[C@H](C3CC3)CN2C1. The zero-order chi connectivity index (χ0) is 18.6. The normalized spacial score (nSPS) is 30.1.